The number of nitrogens with zero attached hydrogens (tertiary/aromatic N) is 2. The summed E-state index contributed by atoms with van der Waals surface area (Å²) in [4.78, 5) is 13.9. The standard InChI is InChI=1S/C13H15F3N2O3/c14-13(15,16)10-5-9(6-11(19)7-10)8-17-1-3-18(4-2-17)12(20)21/h5-7,19H,1-4,8H2,(H,20,21). The Morgan fingerprint density at radius 1 is 1.14 bits per heavy atom. The van der Waals surface area contributed by atoms with Crippen molar-refractivity contribution in [2.75, 3.05) is 26.2 Å². The average molecular weight is 304 g/mol. The highest BCUT2D eigenvalue weighted by Crippen LogP contribution is 2.32. The molecule has 1 fully saturated rings. The molecule has 116 valence electrons. The highest BCUT2D eigenvalue weighted by Gasteiger charge is 2.31. The van der Waals surface area contributed by atoms with Gasteiger partial charge in [0.25, 0.3) is 0 Å². The Bertz CT molecular complexity index is 526. The molecule has 0 saturated carbocycles. The highest BCUT2D eigenvalue weighted by molar-refractivity contribution is 5.65. The summed E-state index contributed by atoms with van der Waals surface area (Å²) in [6.07, 6.45) is -5.50. The van der Waals surface area contributed by atoms with E-state index in [1.165, 1.54) is 11.0 Å². The number of carbonyl (C=O) groups is 1. The van der Waals surface area contributed by atoms with E-state index in [1.54, 1.807) is 0 Å². The molecule has 1 aliphatic rings. The van der Waals surface area contributed by atoms with E-state index in [0.717, 1.165) is 6.07 Å². The molecular weight excluding hydrogens is 289 g/mol. The summed E-state index contributed by atoms with van der Waals surface area (Å²) in [6.45, 7) is 1.78. The lowest BCUT2D eigenvalue weighted by Crippen LogP contribution is -2.47. The third-order valence-electron chi connectivity index (χ3n) is 3.35. The minimum absolute atomic E-state index is 0.241. The first kappa shape index (κ1) is 15.4. The van der Waals surface area contributed by atoms with E-state index in [1.807, 2.05) is 4.90 Å². The molecule has 0 aliphatic carbocycles. The predicted molar refractivity (Wildman–Crippen MR) is 68.0 cm³/mol. The van der Waals surface area contributed by atoms with Crippen LogP contribution in [0.3, 0.4) is 0 Å². The molecule has 2 N–H and O–H groups in total. The molecule has 0 spiro atoms. The maximum Gasteiger partial charge on any atom is 0.416 e. The maximum atomic E-state index is 12.7. The summed E-state index contributed by atoms with van der Waals surface area (Å²) in [7, 11) is 0. The van der Waals surface area contributed by atoms with Crippen molar-refractivity contribution in [1.82, 2.24) is 9.80 Å². The van der Waals surface area contributed by atoms with E-state index in [-0.39, 0.29) is 6.54 Å². The fraction of sp³-hybridized carbons (Fsp3) is 0.462. The molecule has 1 aliphatic heterocycles. The average Bonchev–Trinajstić information content (AvgIpc) is 2.37. The molecule has 0 radical (unpaired) electrons. The SMILES string of the molecule is O=C(O)N1CCN(Cc2cc(O)cc(C(F)(F)F)c2)CC1. The molecule has 0 bridgehead atoms. The zero-order chi connectivity index (χ0) is 15.6. The molecule has 1 heterocycles. The van der Waals surface area contributed by atoms with Crippen molar-refractivity contribution in [3.8, 4) is 5.75 Å². The largest absolute Gasteiger partial charge is 0.508 e. The highest BCUT2D eigenvalue weighted by atomic mass is 19.4. The van der Waals surface area contributed by atoms with Crippen molar-refractivity contribution in [1.29, 1.82) is 0 Å². The summed E-state index contributed by atoms with van der Waals surface area (Å²) in [5.74, 6) is -0.427. The molecule has 2 rings (SSSR count). The molecule has 1 saturated heterocycles. The number of phenols is 1. The van der Waals surface area contributed by atoms with E-state index in [0.29, 0.717) is 37.8 Å². The van der Waals surface area contributed by atoms with Gasteiger partial charge in [-0.3, -0.25) is 4.90 Å². The van der Waals surface area contributed by atoms with Crippen molar-refractivity contribution in [3.63, 3.8) is 0 Å². The summed E-state index contributed by atoms with van der Waals surface area (Å²) in [5.41, 5.74) is -0.534. The number of piperazine rings is 1. The van der Waals surface area contributed by atoms with E-state index in [9.17, 15) is 23.1 Å². The number of carboxylic acid groups (broad SMARTS) is 1. The lowest BCUT2D eigenvalue weighted by atomic mass is 10.1. The molecule has 0 aromatic heterocycles. The minimum atomic E-state index is -4.50. The van der Waals surface area contributed by atoms with Crippen LogP contribution in [-0.4, -0.2) is 52.3 Å². The van der Waals surface area contributed by atoms with Gasteiger partial charge in [-0.15, -0.1) is 0 Å². The van der Waals surface area contributed by atoms with Crippen LogP contribution >= 0.6 is 0 Å². The van der Waals surface area contributed by atoms with Crippen molar-refractivity contribution in [3.05, 3.63) is 29.3 Å². The van der Waals surface area contributed by atoms with Crippen LogP contribution in [0, 0.1) is 0 Å². The first-order chi connectivity index (χ1) is 9.75. The normalized spacial score (nSPS) is 17.0. The molecule has 0 unspecified atom stereocenters. The summed E-state index contributed by atoms with van der Waals surface area (Å²) in [6, 6.07) is 2.98. The Kier molecular flexibility index (Phi) is 4.26. The lowest BCUT2D eigenvalue weighted by molar-refractivity contribution is -0.137. The van der Waals surface area contributed by atoms with Crippen molar-refractivity contribution >= 4 is 6.09 Å². The second-order valence-corrected chi connectivity index (χ2v) is 4.93. The molecular formula is C13H15F3N2O3. The van der Waals surface area contributed by atoms with Crippen molar-refractivity contribution in [2.45, 2.75) is 12.7 Å². The Morgan fingerprint density at radius 2 is 1.76 bits per heavy atom. The van der Waals surface area contributed by atoms with Gasteiger partial charge in [-0.1, -0.05) is 0 Å². The van der Waals surface area contributed by atoms with Crippen LogP contribution in [-0.2, 0) is 12.7 Å². The number of hydrogen-bond acceptors (Lipinski definition) is 3. The zero-order valence-corrected chi connectivity index (χ0v) is 11.1. The monoisotopic (exact) mass is 304 g/mol. The summed E-state index contributed by atoms with van der Waals surface area (Å²) < 4.78 is 38.0. The van der Waals surface area contributed by atoms with E-state index >= 15 is 0 Å². The fourth-order valence-corrected chi connectivity index (χ4v) is 2.28. The maximum absolute atomic E-state index is 12.7. The van der Waals surface area contributed by atoms with Crippen LogP contribution in [0.5, 0.6) is 5.75 Å². The topological polar surface area (TPSA) is 64.0 Å². The van der Waals surface area contributed by atoms with Gasteiger partial charge in [-0.2, -0.15) is 13.2 Å². The van der Waals surface area contributed by atoms with Crippen LogP contribution in [0.1, 0.15) is 11.1 Å². The molecule has 1 aromatic rings. The second-order valence-electron chi connectivity index (χ2n) is 4.93. The number of phenolic OH excluding ortho intramolecular Hbond substituents is 1. The van der Waals surface area contributed by atoms with Gasteiger partial charge in [-0.05, 0) is 23.8 Å². The first-order valence-corrected chi connectivity index (χ1v) is 6.36. The van der Waals surface area contributed by atoms with Gasteiger partial charge in [0, 0.05) is 32.7 Å². The van der Waals surface area contributed by atoms with E-state index in [2.05, 4.69) is 0 Å². The van der Waals surface area contributed by atoms with Gasteiger partial charge >= 0.3 is 12.3 Å². The van der Waals surface area contributed by atoms with Crippen molar-refractivity contribution < 1.29 is 28.2 Å². The number of aromatic hydroxyl groups is 1. The Labute approximate surface area is 119 Å². The number of amides is 1. The van der Waals surface area contributed by atoms with E-state index < -0.39 is 23.6 Å². The summed E-state index contributed by atoms with van der Waals surface area (Å²) >= 11 is 0. The lowest BCUT2D eigenvalue weighted by Gasteiger charge is -2.33. The van der Waals surface area contributed by atoms with Gasteiger partial charge in [0.1, 0.15) is 5.75 Å². The van der Waals surface area contributed by atoms with Gasteiger partial charge in [0.05, 0.1) is 5.56 Å². The molecule has 1 amide bonds. The quantitative estimate of drug-likeness (QED) is 0.879. The number of benzene rings is 1. The Balaban J connectivity index is 2.04. The predicted octanol–water partition coefficient (Wildman–Crippen LogP) is 2.21. The van der Waals surface area contributed by atoms with Crippen LogP contribution in [0.25, 0.3) is 0 Å². The number of rotatable bonds is 2. The Morgan fingerprint density at radius 3 is 2.29 bits per heavy atom. The molecule has 1 aromatic carbocycles. The zero-order valence-electron chi connectivity index (χ0n) is 11.1. The Hall–Kier alpha value is -1.96. The van der Waals surface area contributed by atoms with Crippen LogP contribution in [0.4, 0.5) is 18.0 Å². The van der Waals surface area contributed by atoms with Gasteiger partial charge in [0.2, 0.25) is 0 Å². The number of halogens is 3. The van der Waals surface area contributed by atoms with Gasteiger partial charge < -0.3 is 15.1 Å². The van der Waals surface area contributed by atoms with Crippen LogP contribution in [0.15, 0.2) is 18.2 Å². The molecule has 0 atom stereocenters. The van der Waals surface area contributed by atoms with Gasteiger partial charge in [0.15, 0.2) is 0 Å². The molecule has 5 nitrogen and oxygen atoms in total. The summed E-state index contributed by atoms with van der Waals surface area (Å²) in [5, 5.41) is 18.2. The van der Waals surface area contributed by atoms with Crippen molar-refractivity contribution in [2.24, 2.45) is 0 Å². The smallest absolute Gasteiger partial charge is 0.416 e. The van der Waals surface area contributed by atoms with Crippen LogP contribution in [0.2, 0.25) is 0 Å². The van der Waals surface area contributed by atoms with Crippen LogP contribution < -0.4 is 0 Å². The molecule has 21 heavy (non-hydrogen) atoms. The first-order valence-electron chi connectivity index (χ1n) is 6.36. The fourth-order valence-electron chi connectivity index (χ4n) is 2.28. The second kappa shape index (κ2) is 5.80. The van der Waals surface area contributed by atoms with Gasteiger partial charge in [-0.25, -0.2) is 4.79 Å². The minimum Gasteiger partial charge on any atom is -0.508 e. The third kappa shape index (κ3) is 4.01. The third-order valence-corrected chi connectivity index (χ3v) is 3.35. The molecule has 8 heteroatoms. The van der Waals surface area contributed by atoms with E-state index in [4.69, 9.17) is 5.11 Å². The number of alkyl halides is 3. The number of hydrogen-bond donors (Lipinski definition) is 2.